The molecule has 0 amide bonds. The molecule has 1 unspecified atom stereocenters. The number of nitrogens with one attached hydrogen (secondary N) is 2. The van der Waals surface area contributed by atoms with Crippen LogP contribution in [0.4, 0.5) is 55.4 Å². The third kappa shape index (κ3) is 4.59. The maximum Gasteiger partial charge on any atom is 0.435 e. The zero-order chi connectivity index (χ0) is 26.6. The summed E-state index contributed by atoms with van der Waals surface area (Å²) in [5.41, 5.74) is -3.08. The van der Waals surface area contributed by atoms with Gasteiger partial charge in [-0.25, -0.2) is 19.8 Å². The molecule has 4 rings (SSSR count). The number of halogens is 10. The van der Waals surface area contributed by atoms with Crippen LogP contribution in [0.15, 0.2) is 36.5 Å². The highest BCUT2D eigenvalue weighted by Crippen LogP contribution is 2.47. The van der Waals surface area contributed by atoms with Crippen molar-refractivity contribution < 1.29 is 43.9 Å². The first-order valence-corrected chi connectivity index (χ1v) is 9.74. The summed E-state index contributed by atoms with van der Waals surface area (Å²) in [5, 5.41) is 3.28. The van der Waals surface area contributed by atoms with Crippen molar-refractivity contribution in [2.24, 2.45) is 0 Å². The lowest BCUT2D eigenvalue weighted by Gasteiger charge is -2.25. The molecule has 0 bridgehead atoms. The van der Waals surface area contributed by atoms with Crippen molar-refractivity contribution in [1.82, 2.24) is 20.4 Å². The minimum Gasteiger partial charge on any atom is -0.355 e. The van der Waals surface area contributed by atoms with E-state index in [1.54, 1.807) is 0 Å². The maximum absolute atomic E-state index is 14.6. The predicted octanol–water partition coefficient (Wildman–Crippen LogP) is 5.80. The number of aromatic nitrogens is 3. The molecule has 3 heterocycles. The first-order valence-electron chi connectivity index (χ1n) is 9.74. The van der Waals surface area contributed by atoms with Gasteiger partial charge in [0.15, 0.2) is 17.3 Å². The minimum atomic E-state index is -5.10. The number of rotatable bonds is 3. The molecule has 1 aromatic carbocycles. The van der Waals surface area contributed by atoms with Crippen LogP contribution in [0.1, 0.15) is 28.7 Å². The standard InChI is InChI=1S/C20H12F10N6/c1-31-36-16(10-4-3-9(6-11(10)21)18(22,23)24)33-13-14(20(28,29)30)34-15(35-17(13)36)8-2-5-12(32-7-8)19(25,26)27/h2-7,16,31,33H,1H3. The van der Waals surface area contributed by atoms with Crippen LogP contribution in [0.5, 0.6) is 0 Å². The van der Waals surface area contributed by atoms with Crippen LogP contribution in [-0.2, 0) is 18.5 Å². The first kappa shape index (κ1) is 25.4. The summed E-state index contributed by atoms with van der Waals surface area (Å²) in [7, 11) is 1.24. The molecular weight excluding hydrogens is 514 g/mol. The van der Waals surface area contributed by atoms with Crippen molar-refractivity contribution in [2.75, 3.05) is 17.4 Å². The normalized spacial score (nSPS) is 16.2. The fourth-order valence-corrected chi connectivity index (χ4v) is 3.48. The summed E-state index contributed by atoms with van der Waals surface area (Å²) in [5.74, 6) is -2.47. The number of benzene rings is 1. The van der Waals surface area contributed by atoms with Gasteiger partial charge >= 0.3 is 18.5 Å². The quantitative estimate of drug-likeness (QED) is 0.421. The Morgan fingerprint density at radius 3 is 2.08 bits per heavy atom. The second kappa shape index (κ2) is 8.46. The summed E-state index contributed by atoms with van der Waals surface area (Å²) in [6.07, 6.45) is -15.6. The summed E-state index contributed by atoms with van der Waals surface area (Å²) in [6, 6.07) is 2.88. The fourth-order valence-electron chi connectivity index (χ4n) is 3.48. The van der Waals surface area contributed by atoms with Crippen LogP contribution in [-0.4, -0.2) is 22.0 Å². The van der Waals surface area contributed by atoms with Crippen LogP contribution in [0.25, 0.3) is 11.4 Å². The van der Waals surface area contributed by atoms with E-state index in [0.717, 1.165) is 17.1 Å². The van der Waals surface area contributed by atoms with Crippen LogP contribution in [0.2, 0.25) is 0 Å². The lowest BCUT2D eigenvalue weighted by molar-refractivity contribution is -0.141. The largest absolute Gasteiger partial charge is 0.435 e. The molecule has 0 aliphatic carbocycles. The van der Waals surface area contributed by atoms with Gasteiger partial charge in [-0.1, -0.05) is 6.07 Å². The molecule has 16 heteroatoms. The molecule has 1 atom stereocenters. The summed E-state index contributed by atoms with van der Waals surface area (Å²) in [4.78, 5) is 10.6. The zero-order valence-electron chi connectivity index (χ0n) is 17.6. The molecule has 6 nitrogen and oxygen atoms in total. The summed E-state index contributed by atoms with van der Waals surface area (Å²) < 4.78 is 133. The van der Waals surface area contributed by atoms with Gasteiger partial charge in [0, 0.05) is 24.4 Å². The van der Waals surface area contributed by atoms with E-state index < -0.39 is 70.4 Å². The molecule has 2 aromatic heterocycles. The van der Waals surface area contributed by atoms with E-state index in [4.69, 9.17) is 0 Å². The van der Waals surface area contributed by atoms with Gasteiger partial charge < -0.3 is 5.32 Å². The minimum absolute atomic E-state index is 0.198. The van der Waals surface area contributed by atoms with E-state index in [1.165, 1.54) is 7.05 Å². The van der Waals surface area contributed by atoms with E-state index in [-0.39, 0.29) is 11.6 Å². The number of nitrogens with zero attached hydrogens (tertiary/aromatic N) is 4. The predicted molar refractivity (Wildman–Crippen MR) is 105 cm³/mol. The molecule has 1 aliphatic heterocycles. The van der Waals surface area contributed by atoms with Gasteiger partial charge in [-0.2, -0.15) is 39.5 Å². The van der Waals surface area contributed by atoms with Crippen molar-refractivity contribution in [3.8, 4) is 11.4 Å². The number of anilines is 2. The fraction of sp³-hybridized carbons (Fsp3) is 0.250. The highest BCUT2D eigenvalue weighted by Gasteiger charge is 2.44. The van der Waals surface area contributed by atoms with Gasteiger partial charge in [-0.15, -0.1) is 0 Å². The van der Waals surface area contributed by atoms with Gasteiger partial charge in [0.1, 0.15) is 23.4 Å². The number of hydrazine groups is 1. The molecule has 36 heavy (non-hydrogen) atoms. The van der Waals surface area contributed by atoms with Crippen molar-refractivity contribution in [3.05, 3.63) is 64.9 Å². The smallest absolute Gasteiger partial charge is 0.355 e. The third-order valence-electron chi connectivity index (χ3n) is 5.10. The van der Waals surface area contributed by atoms with Crippen LogP contribution >= 0.6 is 0 Å². The molecule has 0 radical (unpaired) electrons. The molecule has 0 spiro atoms. The molecule has 192 valence electrons. The topological polar surface area (TPSA) is 66.0 Å². The Hall–Kier alpha value is -3.69. The lowest BCUT2D eigenvalue weighted by atomic mass is 10.1. The van der Waals surface area contributed by atoms with Crippen LogP contribution < -0.4 is 15.8 Å². The monoisotopic (exact) mass is 526 g/mol. The second-order valence-corrected chi connectivity index (χ2v) is 7.40. The van der Waals surface area contributed by atoms with Gasteiger partial charge in [-0.3, -0.25) is 9.99 Å². The Balaban J connectivity index is 1.82. The van der Waals surface area contributed by atoms with E-state index in [2.05, 4.69) is 25.7 Å². The number of hydrogen-bond acceptors (Lipinski definition) is 6. The zero-order valence-corrected chi connectivity index (χ0v) is 17.6. The van der Waals surface area contributed by atoms with Crippen LogP contribution in [0, 0.1) is 5.82 Å². The Morgan fingerprint density at radius 1 is 0.889 bits per heavy atom. The van der Waals surface area contributed by atoms with E-state index in [9.17, 15) is 43.9 Å². The van der Waals surface area contributed by atoms with Crippen molar-refractivity contribution in [2.45, 2.75) is 24.7 Å². The number of fused-ring (bicyclic) bond motifs is 1. The van der Waals surface area contributed by atoms with Gasteiger partial charge in [-0.05, 0) is 24.3 Å². The highest BCUT2D eigenvalue weighted by atomic mass is 19.4. The summed E-state index contributed by atoms with van der Waals surface area (Å²) in [6.45, 7) is 0. The average Bonchev–Trinajstić information content (AvgIpc) is 3.14. The maximum atomic E-state index is 14.6. The average molecular weight is 526 g/mol. The Bertz CT molecular complexity index is 1280. The lowest BCUT2D eigenvalue weighted by Crippen LogP contribution is -2.38. The van der Waals surface area contributed by atoms with E-state index >= 15 is 0 Å². The molecule has 0 saturated carbocycles. The highest BCUT2D eigenvalue weighted by molar-refractivity contribution is 5.77. The van der Waals surface area contributed by atoms with E-state index in [1.807, 2.05) is 0 Å². The Morgan fingerprint density at radius 2 is 1.58 bits per heavy atom. The van der Waals surface area contributed by atoms with Gasteiger partial charge in [0.25, 0.3) is 0 Å². The molecule has 2 N–H and O–H groups in total. The molecular formula is C20H12F10N6. The van der Waals surface area contributed by atoms with Gasteiger partial charge in [0.05, 0.1) is 5.56 Å². The second-order valence-electron chi connectivity index (χ2n) is 7.40. The summed E-state index contributed by atoms with van der Waals surface area (Å²) >= 11 is 0. The molecule has 1 aliphatic rings. The Labute approximate surface area is 195 Å². The third-order valence-corrected chi connectivity index (χ3v) is 5.10. The SMILES string of the molecule is CNN1c2nc(-c3ccc(C(F)(F)F)nc3)nc(C(F)(F)F)c2NC1c1ccc(C(F)(F)F)cc1F. The molecule has 0 saturated heterocycles. The van der Waals surface area contributed by atoms with Crippen molar-refractivity contribution in [1.29, 1.82) is 0 Å². The van der Waals surface area contributed by atoms with Gasteiger partial charge in [0.2, 0.25) is 0 Å². The Kier molecular flexibility index (Phi) is 5.97. The van der Waals surface area contributed by atoms with Crippen LogP contribution in [0.3, 0.4) is 0 Å². The first-order chi connectivity index (χ1) is 16.6. The van der Waals surface area contributed by atoms with E-state index in [0.29, 0.717) is 18.3 Å². The van der Waals surface area contributed by atoms with Crippen molar-refractivity contribution >= 4 is 11.5 Å². The number of alkyl halides is 9. The number of pyridine rings is 1. The number of hydrogen-bond donors (Lipinski definition) is 2. The van der Waals surface area contributed by atoms with Crippen molar-refractivity contribution in [3.63, 3.8) is 0 Å². The molecule has 0 fully saturated rings. The molecule has 3 aromatic rings.